The predicted molar refractivity (Wildman–Crippen MR) is 131 cm³/mol. The minimum absolute atomic E-state index is 0. The van der Waals surface area contributed by atoms with Gasteiger partial charge in [-0.05, 0) is 78.1 Å². The van der Waals surface area contributed by atoms with E-state index in [-0.39, 0.29) is 78.8 Å². The number of carboxylic acid groups (broad SMARTS) is 1. The molecule has 0 saturated heterocycles. The number of carboxylic acids is 1. The van der Waals surface area contributed by atoms with Gasteiger partial charge in [-0.3, -0.25) is 0 Å². The summed E-state index contributed by atoms with van der Waals surface area (Å²) in [6, 6.07) is 7.53. The molecule has 0 spiro atoms. The van der Waals surface area contributed by atoms with E-state index in [1.807, 2.05) is 0 Å². The zero-order valence-electron chi connectivity index (χ0n) is 22.0. The molecule has 1 heterocycles. The first kappa shape index (κ1) is 29.4. The SMILES string of the molecule is Cc1cc(OCCC(O)CO)cc(C)c1-c1cc(COc2cc3c(cn2)[C@H]2[C@@H](C3)[C@@H]2C(=O)[O-])c(F)cc1F.[Na+]. The molecule has 39 heavy (non-hydrogen) atoms. The summed E-state index contributed by atoms with van der Waals surface area (Å²) in [4.78, 5) is 15.5. The number of aliphatic carboxylic acids is 1. The zero-order chi connectivity index (χ0) is 27.1. The maximum atomic E-state index is 14.9. The number of carbonyl (C=O) groups excluding carboxylic acids is 1. The molecular weight excluding hydrogens is 519 g/mol. The largest absolute Gasteiger partial charge is 1.00 e. The van der Waals surface area contributed by atoms with E-state index in [1.54, 1.807) is 38.2 Å². The van der Waals surface area contributed by atoms with Gasteiger partial charge < -0.3 is 29.6 Å². The molecule has 2 N–H and O–H groups in total. The number of aromatic nitrogens is 1. The van der Waals surface area contributed by atoms with Crippen LogP contribution in [0.2, 0.25) is 0 Å². The van der Waals surface area contributed by atoms with Crippen LogP contribution in [0.4, 0.5) is 8.78 Å². The molecule has 2 aliphatic carbocycles. The van der Waals surface area contributed by atoms with Gasteiger partial charge in [0, 0.05) is 47.8 Å². The maximum Gasteiger partial charge on any atom is 1.00 e. The number of nitrogens with zero attached hydrogens (tertiary/aromatic N) is 1. The maximum absolute atomic E-state index is 14.9. The standard InChI is InChI=1S/C29H29F2NO6.Na/c1-14-5-19(37-4-3-18(34)12-33)6-15(2)26(14)20-8-17(23(30)10-24(20)31)13-38-25-9-16-7-21-27(22(16)11-32-25)28(21)29(35)36;/h5-6,8-11,18,21,27-28,33-34H,3-4,7,12-13H2,1-2H3,(H,35,36);/q;+1/p-1/t18?,21-,27-,28+;/m1./s1. The van der Waals surface area contributed by atoms with Gasteiger partial charge in [0.25, 0.3) is 0 Å². The summed E-state index contributed by atoms with van der Waals surface area (Å²) in [5.41, 5.74) is 4.35. The van der Waals surface area contributed by atoms with Crippen LogP contribution in [0.25, 0.3) is 11.1 Å². The summed E-state index contributed by atoms with van der Waals surface area (Å²) in [6.45, 7) is 3.32. The van der Waals surface area contributed by atoms with E-state index in [9.17, 15) is 23.8 Å². The average molecular weight is 548 g/mol. The molecule has 4 atom stereocenters. The van der Waals surface area contributed by atoms with Gasteiger partial charge in [0.2, 0.25) is 5.88 Å². The molecular formula is C29H28F2NNaO6. The number of aliphatic hydroxyl groups is 2. The van der Waals surface area contributed by atoms with E-state index in [0.29, 0.717) is 23.6 Å². The van der Waals surface area contributed by atoms with Crippen molar-refractivity contribution >= 4 is 5.97 Å². The van der Waals surface area contributed by atoms with Gasteiger partial charge in [-0.25, -0.2) is 13.8 Å². The van der Waals surface area contributed by atoms with E-state index in [1.165, 1.54) is 6.07 Å². The van der Waals surface area contributed by atoms with Crippen LogP contribution < -0.4 is 44.1 Å². The van der Waals surface area contributed by atoms with Gasteiger partial charge in [0.1, 0.15) is 24.0 Å². The number of pyridine rings is 1. The van der Waals surface area contributed by atoms with Gasteiger partial charge in [0.15, 0.2) is 0 Å². The third-order valence-corrected chi connectivity index (χ3v) is 7.47. The summed E-state index contributed by atoms with van der Waals surface area (Å²) in [5, 5.41) is 29.6. The van der Waals surface area contributed by atoms with Crippen LogP contribution in [0.1, 0.15) is 40.2 Å². The van der Waals surface area contributed by atoms with E-state index >= 15 is 0 Å². The number of aliphatic hydroxyl groups excluding tert-OH is 2. The fourth-order valence-corrected chi connectivity index (χ4v) is 5.55. The third-order valence-electron chi connectivity index (χ3n) is 7.47. The van der Waals surface area contributed by atoms with Crippen LogP contribution in [0.3, 0.4) is 0 Å². The first-order chi connectivity index (χ1) is 18.2. The smallest absolute Gasteiger partial charge is 0.550 e. The molecule has 1 fully saturated rings. The molecule has 1 unspecified atom stereocenters. The topological polar surface area (TPSA) is 112 Å². The quantitative estimate of drug-likeness (QED) is 0.344. The van der Waals surface area contributed by atoms with Gasteiger partial charge >= 0.3 is 29.6 Å². The zero-order valence-corrected chi connectivity index (χ0v) is 24.0. The van der Waals surface area contributed by atoms with Gasteiger partial charge in [-0.1, -0.05) is 0 Å². The number of rotatable bonds is 10. The molecule has 0 bridgehead atoms. The summed E-state index contributed by atoms with van der Waals surface area (Å²) in [6.07, 6.45) is 1.65. The van der Waals surface area contributed by atoms with E-state index < -0.39 is 29.6 Å². The molecule has 5 rings (SSSR count). The molecule has 200 valence electrons. The second-order valence-corrected chi connectivity index (χ2v) is 10.1. The number of fused-ring (bicyclic) bond motifs is 3. The number of hydrogen-bond donors (Lipinski definition) is 2. The number of benzene rings is 2. The molecule has 1 saturated carbocycles. The van der Waals surface area contributed by atoms with Crippen molar-refractivity contribution in [1.29, 1.82) is 0 Å². The van der Waals surface area contributed by atoms with E-state index in [2.05, 4.69) is 4.98 Å². The number of hydrogen-bond acceptors (Lipinski definition) is 7. The molecule has 10 heteroatoms. The minimum Gasteiger partial charge on any atom is -0.550 e. The Labute approximate surface area is 247 Å². The number of carbonyl (C=O) groups is 1. The fourth-order valence-electron chi connectivity index (χ4n) is 5.55. The van der Waals surface area contributed by atoms with E-state index in [0.717, 1.165) is 28.3 Å². The van der Waals surface area contributed by atoms with Crippen molar-refractivity contribution < 1.29 is 67.9 Å². The molecule has 0 aliphatic heterocycles. The normalized spacial score (nSPS) is 19.5. The van der Waals surface area contributed by atoms with Crippen LogP contribution in [-0.2, 0) is 17.8 Å². The Bertz CT molecular complexity index is 1380. The number of aryl methyl sites for hydroxylation is 2. The molecule has 1 aromatic heterocycles. The van der Waals surface area contributed by atoms with Crippen LogP contribution in [0.5, 0.6) is 11.6 Å². The van der Waals surface area contributed by atoms with Crippen molar-refractivity contribution in [3.63, 3.8) is 0 Å². The van der Waals surface area contributed by atoms with Crippen LogP contribution in [0.15, 0.2) is 36.5 Å². The Balaban J connectivity index is 0.00000353. The van der Waals surface area contributed by atoms with Crippen LogP contribution in [-0.4, -0.2) is 40.5 Å². The van der Waals surface area contributed by atoms with Crippen molar-refractivity contribution in [1.82, 2.24) is 4.98 Å². The van der Waals surface area contributed by atoms with Crippen molar-refractivity contribution in [3.8, 4) is 22.8 Å². The van der Waals surface area contributed by atoms with Gasteiger partial charge in [0.05, 0.1) is 19.3 Å². The van der Waals surface area contributed by atoms with Crippen molar-refractivity contribution in [2.75, 3.05) is 13.2 Å². The van der Waals surface area contributed by atoms with E-state index in [4.69, 9.17) is 14.6 Å². The molecule has 7 nitrogen and oxygen atoms in total. The Morgan fingerprint density at radius 3 is 2.51 bits per heavy atom. The number of ether oxygens (including phenoxy) is 2. The van der Waals surface area contributed by atoms with Crippen molar-refractivity contribution in [2.45, 2.75) is 45.3 Å². The molecule has 2 aromatic carbocycles. The predicted octanol–water partition coefficient (Wildman–Crippen LogP) is -0.0157. The first-order valence-electron chi connectivity index (χ1n) is 12.5. The molecule has 3 aromatic rings. The first-order valence-corrected chi connectivity index (χ1v) is 12.5. The Morgan fingerprint density at radius 1 is 1.13 bits per heavy atom. The Kier molecular flexibility index (Phi) is 8.98. The Morgan fingerprint density at radius 2 is 1.85 bits per heavy atom. The summed E-state index contributed by atoms with van der Waals surface area (Å²) >= 11 is 0. The molecule has 0 radical (unpaired) electrons. The third kappa shape index (κ3) is 5.98. The minimum atomic E-state index is -1.03. The summed E-state index contributed by atoms with van der Waals surface area (Å²) in [5.74, 6) is -2.08. The Hall–Kier alpha value is -2.56. The second-order valence-electron chi connectivity index (χ2n) is 10.1. The van der Waals surface area contributed by atoms with Crippen LogP contribution >= 0.6 is 0 Å². The molecule has 2 aliphatic rings. The van der Waals surface area contributed by atoms with Crippen LogP contribution in [0, 0.1) is 37.3 Å². The van der Waals surface area contributed by atoms with Crippen molar-refractivity contribution in [2.24, 2.45) is 11.8 Å². The van der Waals surface area contributed by atoms with Gasteiger partial charge in [-0.2, -0.15) is 0 Å². The average Bonchev–Trinajstić information content (AvgIpc) is 3.46. The fraction of sp³-hybridized carbons (Fsp3) is 0.379. The molecule has 0 amide bonds. The number of halogens is 2. The monoisotopic (exact) mass is 547 g/mol. The summed E-state index contributed by atoms with van der Waals surface area (Å²) in [7, 11) is 0. The second kappa shape index (κ2) is 11.9. The van der Waals surface area contributed by atoms with Gasteiger partial charge in [-0.15, -0.1) is 0 Å². The van der Waals surface area contributed by atoms with Crippen molar-refractivity contribution in [3.05, 3.63) is 76.0 Å². The summed E-state index contributed by atoms with van der Waals surface area (Å²) < 4.78 is 41.0.